The molecule has 2 N–H and O–H groups in total. The summed E-state index contributed by atoms with van der Waals surface area (Å²) < 4.78 is 0.560. The second kappa shape index (κ2) is 15.0. The molecule has 0 fully saturated rings. The van der Waals surface area contributed by atoms with Crippen LogP contribution in [0.2, 0.25) is 0 Å². The molecular formula is C23H41NO6. The first-order chi connectivity index (χ1) is 14.0. The molecule has 0 amide bonds. The Bertz CT molecular complexity index is 500. The van der Waals surface area contributed by atoms with Crippen molar-refractivity contribution >= 4 is 17.9 Å². The summed E-state index contributed by atoms with van der Waals surface area (Å²) >= 11 is 0. The first kappa shape index (κ1) is 28.1. The minimum Gasteiger partial charge on any atom is -0.550 e. The Morgan fingerprint density at radius 3 is 1.67 bits per heavy atom. The van der Waals surface area contributed by atoms with E-state index in [2.05, 4.69) is 19.1 Å². The number of carbonyl (C=O) groups excluding carboxylic acids is 1. The van der Waals surface area contributed by atoms with Gasteiger partial charge in [-0.1, -0.05) is 39.8 Å². The maximum Gasteiger partial charge on any atom is 0.306 e. The molecule has 7 heteroatoms. The van der Waals surface area contributed by atoms with Crippen LogP contribution < -0.4 is 5.11 Å². The third kappa shape index (κ3) is 12.0. The van der Waals surface area contributed by atoms with Gasteiger partial charge in [0.1, 0.15) is 0 Å². The average Bonchev–Trinajstić information content (AvgIpc) is 2.69. The molecule has 0 rings (SSSR count). The lowest BCUT2D eigenvalue weighted by Crippen LogP contribution is -2.52. The molecule has 0 spiro atoms. The number of nitrogens with zero attached hydrogens (tertiary/aromatic N) is 1. The van der Waals surface area contributed by atoms with Gasteiger partial charge in [-0.2, -0.15) is 0 Å². The average molecular weight is 428 g/mol. The molecule has 7 nitrogen and oxygen atoms in total. The SMILES string of the molecule is CC/C=C/CCCC[N+](CCC(C)C(=O)[O-])(CCC(C)C(=O)O)CCC(C)C(=O)O. The molecule has 0 aliphatic heterocycles. The quantitative estimate of drug-likeness (QED) is 0.197. The lowest BCUT2D eigenvalue weighted by Gasteiger charge is -2.41. The van der Waals surface area contributed by atoms with E-state index in [4.69, 9.17) is 0 Å². The first-order valence-corrected chi connectivity index (χ1v) is 11.2. The number of hydrogen-bond donors (Lipinski definition) is 2. The number of carbonyl (C=O) groups is 3. The Morgan fingerprint density at radius 1 is 0.800 bits per heavy atom. The highest BCUT2D eigenvalue weighted by atomic mass is 16.4. The summed E-state index contributed by atoms with van der Waals surface area (Å²) in [4.78, 5) is 33.8. The second-order valence-corrected chi connectivity index (χ2v) is 8.68. The fourth-order valence-corrected chi connectivity index (χ4v) is 3.43. The van der Waals surface area contributed by atoms with Crippen LogP contribution in [0.15, 0.2) is 12.2 Å². The molecule has 0 aromatic rings. The monoisotopic (exact) mass is 427 g/mol. The fraction of sp³-hybridized carbons (Fsp3) is 0.783. The highest BCUT2D eigenvalue weighted by Gasteiger charge is 2.30. The van der Waals surface area contributed by atoms with Crippen molar-refractivity contribution in [1.29, 1.82) is 0 Å². The number of carboxylic acid groups (broad SMARTS) is 3. The van der Waals surface area contributed by atoms with Crippen molar-refractivity contribution in [3.8, 4) is 0 Å². The fourth-order valence-electron chi connectivity index (χ4n) is 3.43. The van der Waals surface area contributed by atoms with Crippen molar-refractivity contribution in [3.63, 3.8) is 0 Å². The summed E-state index contributed by atoms with van der Waals surface area (Å²) in [7, 11) is 0. The van der Waals surface area contributed by atoms with Crippen LogP contribution in [0.5, 0.6) is 0 Å². The highest BCUT2D eigenvalue weighted by Crippen LogP contribution is 2.21. The minimum atomic E-state index is -1.09. The molecule has 0 heterocycles. The molecule has 174 valence electrons. The Kier molecular flexibility index (Phi) is 14.0. The zero-order chi connectivity index (χ0) is 23.2. The van der Waals surface area contributed by atoms with Crippen LogP contribution in [0.3, 0.4) is 0 Å². The molecule has 0 saturated heterocycles. The zero-order valence-electron chi connectivity index (χ0n) is 19.1. The van der Waals surface area contributed by atoms with Crippen LogP contribution in [0.4, 0.5) is 0 Å². The van der Waals surface area contributed by atoms with Crippen LogP contribution in [-0.2, 0) is 14.4 Å². The van der Waals surface area contributed by atoms with Crippen molar-refractivity contribution in [1.82, 2.24) is 0 Å². The summed E-state index contributed by atoms with van der Waals surface area (Å²) in [5, 5.41) is 29.8. The maximum absolute atomic E-state index is 11.3. The number of quaternary nitrogens is 1. The van der Waals surface area contributed by atoms with E-state index in [1.807, 2.05) is 0 Å². The van der Waals surface area contributed by atoms with Crippen LogP contribution in [0, 0.1) is 17.8 Å². The van der Waals surface area contributed by atoms with E-state index >= 15 is 0 Å². The van der Waals surface area contributed by atoms with Crippen LogP contribution in [0.25, 0.3) is 0 Å². The Hall–Kier alpha value is -1.89. The predicted octanol–water partition coefficient (Wildman–Crippen LogP) is 2.94. The van der Waals surface area contributed by atoms with Crippen molar-refractivity contribution in [2.75, 3.05) is 26.2 Å². The van der Waals surface area contributed by atoms with Crippen LogP contribution in [0.1, 0.15) is 72.6 Å². The van der Waals surface area contributed by atoms with E-state index in [0.717, 1.165) is 32.2 Å². The Balaban J connectivity index is 5.36. The van der Waals surface area contributed by atoms with E-state index in [1.165, 1.54) is 0 Å². The number of hydrogen-bond acceptors (Lipinski definition) is 4. The molecule has 0 saturated carbocycles. The van der Waals surface area contributed by atoms with Gasteiger partial charge in [0, 0.05) is 31.1 Å². The Labute approximate surface area is 181 Å². The van der Waals surface area contributed by atoms with Gasteiger partial charge in [0.05, 0.1) is 38.0 Å². The molecule has 0 aromatic heterocycles. The lowest BCUT2D eigenvalue weighted by atomic mass is 10.0. The van der Waals surface area contributed by atoms with Gasteiger partial charge < -0.3 is 24.6 Å². The number of aliphatic carboxylic acids is 3. The summed E-state index contributed by atoms with van der Waals surface area (Å²) in [6.45, 7) is 9.64. The highest BCUT2D eigenvalue weighted by molar-refractivity contribution is 5.69. The summed E-state index contributed by atoms with van der Waals surface area (Å²) in [6.07, 6.45) is 9.58. The number of rotatable bonds is 18. The van der Waals surface area contributed by atoms with E-state index in [9.17, 15) is 29.7 Å². The maximum atomic E-state index is 11.3. The topological polar surface area (TPSA) is 115 Å². The molecule has 0 aliphatic rings. The van der Waals surface area contributed by atoms with Crippen molar-refractivity contribution in [3.05, 3.63) is 12.2 Å². The molecule has 30 heavy (non-hydrogen) atoms. The summed E-state index contributed by atoms with van der Waals surface area (Å²) in [6, 6.07) is 0. The van der Waals surface area contributed by atoms with Gasteiger partial charge in [0.25, 0.3) is 0 Å². The van der Waals surface area contributed by atoms with Gasteiger partial charge in [-0.25, -0.2) is 0 Å². The van der Waals surface area contributed by atoms with Crippen molar-refractivity contribution < 1.29 is 34.2 Å². The summed E-state index contributed by atoms with van der Waals surface area (Å²) in [5.41, 5.74) is 0. The van der Waals surface area contributed by atoms with Gasteiger partial charge in [0.15, 0.2) is 0 Å². The molecular weight excluding hydrogens is 386 g/mol. The smallest absolute Gasteiger partial charge is 0.306 e. The number of allylic oxidation sites excluding steroid dienone is 2. The zero-order valence-corrected chi connectivity index (χ0v) is 19.1. The largest absolute Gasteiger partial charge is 0.550 e. The molecule has 3 unspecified atom stereocenters. The molecule has 0 radical (unpaired) electrons. The van der Waals surface area contributed by atoms with Crippen molar-refractivity contribution in [2.24, 2.45) is 17.8 Å². The molecule has 3 atom stereocenters. The predicted molar refractivity (Wildman–Crippen MR) is 115 cm³/mol. The van der Waals surface area contributed by atoms with Crippen LogP contribution >= 0.6 is 0 Å². The third-order valence-electron chi connectivity index (χ3n) is 6.01. The second-order valence-electron chi connectivity index (χ2n) is 8.68. The summed E-state index contributed by atoms with van der Waals surface area (Å²) in [5.74, 6) is -4.37. The molecule has 0 aromatic carbocycles. The van der Waals surface area contributed by atoms with Crippen molar-refractivity contribution in [2.45, 2.75) is 72.6 Å². The van der Waals surface area contributed by atoms with Gasteiger partial charge in [-0.3, -0.25) is 9.59 Å². The standard InChI is InChI=1S/C23H41NO6/c1-5-6-7-8-9-10-14-24(15-11-18(2)21(25)26,16-12-19(3)22(27)28)17-13-20(4)23(29)30/h6-7,18-20H,5,8-17H2,1-4H3,(H2-,25,26,27,28,29,30)/b7-6+. The molecule has 0 bridgehead atoms. The van der Waals surface area contributed by atoms with E-state index in [-0.39, 0.29) is 0 Å². The third-order valence-corrected chi connectivity index (χ3v) is 6.01. The van der Waals surface area contributed by atoms with Gasteiger partial charge in [-0.15, -0.1) is 0 Å². The van der Waals surface area contributed by atoms with E-state index in [0.29, 0.717) is 43.4 Å². The van der Waals surface area contributed by atoms with Gasteiger partial charge in [0.2, 0.25) is 0 Å². The number of carboxylic acids is 3. The Morgan fingerprint density at radius 2 is 1.27 bits per heavy atom. The molecule has 0 aliphatic carbocycles. The number of unbranched alkanes of at least 4 members (excludes halogenated alkanes) is 2. The van der Waals surface area contributed by atoms with E-state index in [1.54, 1.807) is 20.8 Å². The van der Waals surface area contributed by atoms with Gasteiger partial charge in [-0.05, 0) is 25.7 Å². The normalized spacial score (nSPS) is 16.7. The van der Waals surface area contributed by atoms with Crippen LogP contribution in [-0.4, -0.2) is 58.8 Å². The van der Waals surface area contributed by atoms with Gasteiger partial charge >= 0.3 is 11.9 Å². The first-order valence-electron chi connectivity index (χ1n) is 11.2. The van der Waals surface area contributed by atoms with E-state index < -0.39 is 35.7 Å². The lowest BCUT2D eigenvalue weighted by molar-refractivity contribution is -0.929. The minimum absolute atomic E-state index is 0.432.